The molecular formula is C13H21BrN2O. The fraction of sp³-hybridized carbons (Fsp3) is 0.538. The number of rotatable bonds is 6. The maximum atomic E-state index is 5.62. The summed E-state index contributed by atoms with van der Waals surface area (Å²) in [5, 5.41) is 0. The smallest absolute Gasteiger partial charge is 0.133 e. The average Bonchev–Trinajstić information content (AvgIpc) is 2.29. The molecule has 0 bridgehead atoms. The Bertz CT molecular complexity index is 355. The highest BCUT2D eigenvalue weighted by Gasteiger charge is 2.12. The van der Waals surface area contributed by atoms with Gasteiger partial charge in [-0.2, -0.15) is 0 Å². The SMILES string of the molecule is COc1ccc(C(CCC(C)C)NN)cc1Br. The van der Waals surface area contributed by atoms with E-state index in [4.69, 9.17) is 10.6 Å². The van der Waals surface area contributed by atoms with Crippen molar-refractivity contribution in [3.8, 4) is 5.75 Å². The lowest BCUT2D eigenvalue weighted by molar-refractivity contribution is 0.410. The van der Waals surface area contributed by atoms with Crippen LogP contribution in [0.4, 0.5) is 0 Å². The molecule has 1 aromatic carbocycles. The quantitative estimate of drug-likeness (QED) is 0.625. The number of benzene rings is 1. The maximum absolute atomic E-state index is 5.62. The molecule has 1 unspecified atom stereocenters. The number of nitrogens with two attached hydrogens (primary N) is 1. The predicted octanol–water partition coefficient (Wildman–Crippen LogP) is 3.40. The minimum Gasteiger partial charge on any atom is -0.496 e. The first-order valence-electron chi connectivity index (χ1n) is 5.88. The van der Waals surface area contributed by atoms with E-state index in [1.165, 1.54) is 5.56 Å². The third kappa shape index (κ3) is 4.30. The van der Waals surface area contributed by atoms with Crippen molar-refractivity contribution in [2.45, 2.75) is 32.7 Å². The van der Waals surface area contributed by atoms with Crippen LogP contribution in [0, 0.1) is 5.92 Å². The van der Waals surface area contributed by atoms with Gasteiger partial charge in [0.15, 0.2) is 0 Å². The van der Waals surface area contributed by atoms with Gasteiger partial charge in [0.1, 0.15) is 5.75 Å². The third-order valence-corrected chi connectivity index (χ3v) is 3.43. The molecule has 3 nitrogen and oxygen atoms in total. The van der Waals surface area contributed by atoms with Crippen LogP contribution in [0.25, 0.3) is 0 Å². The molecule has 1 atom stereocenters. The number of hydrogen-bond acceptors (Lipinski definition) is 3. The molecule has 0 fully saturated rings. The van der Waals surface area contributed by atoms with E-state index in [0.717, 1.165) is 23.1 Å². The number of hydrazine groups is 1. The summed E-state index contributed by atoms with van der Waals surface area (Å²) in [5.41, 5.74) is 4.06. The van der Waals surface area contributed by atoms with Crippen molar-refractivity contribution < 1.29 is 4.74 Å². The Morgan fingerprint density at radius 3 is 2.53 bits per heavy atom. The van der Waals surface area contributed by atoms with E-state index >= 15 is 0 Å². The van der Waals surface area contributed by atoms with Crippen LogP contribution in [0.5, 0.6) is 5.75 Å². The Morgan fingerprint density at radius 2 is 2.06 bits per heavy atom. The number of ether oxygens (including phenoxy) is 1. The average molecular weight is 301 g/mol. The van der Waals surface area contributed by atoms with Crippen molar-refractivity contribution in [1.82, 2.24) is 5.43 Å². The Labute approximate surface area is 112 Å². The predicted molar refractivity (Wildman–Crippen MR) is 74.8 cm³/mol. The zero-order valence-electron chi connectivity index (χ0n) is 10.7. The highest BCUT2D eigenvalue weighted by molar-refractivity contribution is 9.10. The second-order valence-corrected chi connectivity index (χ2v) is 5.44. The van der Waals surface area contributed by atoms with Crippen LogP contribution in [-0.4, -0.2) is 7.11 Å². The van der Waals surface area contributed by atoms with Gasteiger partial charge in [-0.1, -0.05) is 19.9 Å². The van der Waals surface area contributed by atoms with Crippen molar-refractivity contribution in [1.29, 1.82) is 0 Å². The topological polar surface area (TPSA) is 47.3 Å². The lowest BCUT2D eigenvalue weighted by Gasteiger charge is -2.18. The summed E-state index contributed by atoms with van der Waals surface area (Å²) < 4.78 is 6.17. The largest absolute Gasteiger partial charge is 0.496 e. The van der Waals surface area contributed by atoms with Crippen LogP contribution in [-0.2, 0) is 0 Å². The molecule has 3 N–H and O–H groups in total. The molecule has 0 amide bonds. The van der Waals surface area contributed by atoms with E-state index in [2.05, 4.69) is 47.3 Å². The van der Waals surface area contributed by atoms with Crippen molar-refractivity contribution in [3.05, 3.63) is 28.2 Å². The fourth-order valence-electron chi connectivity index (χ4n) is 1.75. The number of halogens is 1. The molecular weight excluding hydrogens is 280 g/mol. The van der Waals surface area contributed by atoms with E-state index in [1.807, 2.05) is 6.07 Å². The molecule has 0 saturated carbocycles. The number of hydrogen-bond donors (Lipinski definition) is 2. The van der Waals surface area contributed by atoms with Crippen LogP contribution in [0.2, 0.25) is 0 Å². The highest BCUT2D eigenvalue weighted by Crippen LogP contribution is 2.29. The first-order chi connectivity index (χ1) is 8.08. The monoisotopic (exact) mass is 300 g/mol. The molecule has 0 aliphatic carbocycles. The Kier molecular flexibility index (Phi) is 5.95. The van der Waals surface area contributed by atoms with Crippen molar-refractivity contribution in [2.75, 3.05) is 7.11 Å². The Balaban J connectivity index is 2.78. The first kappa shape index (κ1) is 14.5. The second-order valence-electron chi connectivity index (χ2n) is 4.58. The van der Waals surface area contributed by atoms with Crippen LogP contribution in [0.3, 0.4) is 0 Å². The first-order valence-corrected chi connectivity index (χ1v) is 6.67. The van der Waals surface area contributed by atoms with Gasteiger partial charge in [-0.25, -0.2) is 0 Å². The second kappa shape index (κ2) is 6.99. The standard InChI is InChI=1S/C13H21BrN2O/c1-9(2)4-6-12(16-15)10-5-7-13(17-3)11(14)8-10/h5,7-9,12,16H,4,6,15H2,1-3H3. The molecule has 0 radical (unpaired) electrons. The molecule has 96 valence electrons. The minimum absolute atomic E-state index is 0.194. The molecule has 1 rings (SSSR count). The van der Waals surface area contributed by atoms with Gasteiger partial charge >= 0.3 is 0 Å². The van der Waals surface area contributed by atoms with Crippen molar-refractivity contribution >= 4 is 15.9 Å². The van der Waals surface area contributed by atoms with Gasteiger partial charge in [-0.3, -0.25) is 11.3 Å². The number of nitrogens with one attached hydrogen (secondary N) is 1. The lowest BCUT2D eigenvalue weighted by Crippen LogP contribution is -2.28. The zero-order valence-corrected chi connectivity index (χ0v) is 12.3. The van der Waals surface area contributed by atoms with Gasteiger partial charge in [-0.15, -0.1) is 0 Å². The molecule has 1 aromatic rings. The normalized spacial score (nSPS) is 12.8. The van der Waals surface area contributed by atoms with Crippen molar-refractivity contribution in [3.63, 3.8) is 0 Å². The van der Waals surface area contributed by atoms with Crippen LogP contribution in [0.1, 0.15) is 38.3 Å². The highest BCUT2D eigenvalue weighted by atomic mass is 79.9. The molecule has 0 spiro atoms. The van der Waals surface area contributed by atoms with Gasteiger partial charge in [0.2, 0.25) is 0 Å². The maximum Gasteiger partial charge on any atom is 0.133 e. The van der Waals surface area contributed by atoms with Gasteiger partial charge < -0.3 is 4.74 Å². The number of methoxy groups -OCH3 is 1. The van der Waals surface area contributed by atoms with Crippen LogP contribution < -0.4 is 16.0 Å². The summed E-state index contributed by atoms with van der Waals surface area (Å²) >= 11 is 3.49. The molecule has 0 heterocycles. The van der Waals surface area contributed by atoms with Gasteiger partial charge in [0.05, 0.1) is 11.6 Å². The zero-order chi connectivity index (χ0) is 12.8. The lowest BCUT2D eigenvalue weighted by atomic mass is 9.98. The van der Waals surface area contributed by atoms with E-state index in [0.29, 0.717) is 5.92 Å². The summed E-state index contributed by atoms with van der Waals surface area (Å²) in [4.78, 5) is 0. The van der Waals surface area contributed by atoms with Crippen LogP contribution in [0.15, 0.2) is 22.7 Å². The van der Waals surface area contributed by atoms with E-state index in [9.17, 15) is 0 Å². The molecule has 17 heavy (non-hydrogen) atoms. The summed E-state index contributed by atoms with van der Waals surface area (Å²) in [6.07, 6.45) is 2.19. The van der Waals surface area contributed by atoms with Gasteiger partial charge in [0.25, 0.3) is 0 Å². The van der Waals surface area contributed by atoms with Gasteiger partial charge in [-0.05, 0) is 52.4 Å². The van der Waals surface area contributed by atoms with E-state index < -0.39 is 0 Å². The van der Waals surface area contributed by atoms with Crippen molar-refractivity contribution in [2.24, 2.45) is 11.8 Å². The summed E-state index contributed by atoms with van der Waals surface area (Å²) in [7, 11) is 1.66. The Morgan fingerprint density at radius 1 is 1.35 bits per heavy atom. The fourth-order valence-corrected chi connectivity index (χ4v) is 2.30. The molecule has 0 aliphatic rings. The molecule has 0 aromatic heterocycles. The summed E-state index contributed by atoms with van der Waals surface area (Å²) in [5.74, 6) is 7.14. The van der Waals surface area contributed by atoms with Crippen LogP contribution >= 0.6 is 15.9 Å². The van der Waals surface area contributed by atoms with Gasteiger partial charge in [0, 0.05) is 6.04 Å². The Hall–Kier alpha value is -0.580. The molecule has 4 heteroatoms. The minimum atomic E-state index is 0.194. The van der Waals surface area contributed by atoms with E-state index in [1.54, 1.807) is 7.11 Å². The molecule has 0 saturated heterocycles. The third-order valence-electron chi connectivity index (χ3n) is 2.81. The van der Waals surface area contributed by atoms with E-state index in [-0.39, 0.29) is 6.04 Å². The summed E-state index contributed by atoms with van der Waals surface area (Å²) in [6.45, 7) is 4.44. The summed E-state index contributed by atoms with van der Waals surface area (Å²) in [6, 6.07) is 6.26. The molecule has 0 aliphatic heterocycles.